The van der Waals surface area contributed by atoms with Gasteiger partial charge in [0.15, 0.2) is 0 Å². The third-order valence-corrected chi connectivity index (χ3v) is 3.46. The number of nitro benzene ring substituents is 1. The molecule has 0 aliphatic heterocycles. The maximum Gasteiger partial charge on any atom is 0.270 e. The molecule has 7 nitrogen and oxygen atoms in total. The van der Waals surface area contributed by atoms with Gasteiger partial charge < -0.3 is 9.84 Å². The largest absolute Gasteiger partial charge is 0.375 e. The second-order valence-corrected chi connectivity index (χ2v) is 5.20. The molecule has 0 saturated heterocycles. The van der Waals surface area contributed by atoms with Crippen LogP contribution in [0.25, 0.3) is 11.4 Å². The molecule has 1 heterocycles. The molecule has 24 heavy (non-hydrogen) atoms. The Labute approximate surface area is 140 Å². The summed E-state index contributed by atoms with van der Waals surface area (Å²) in [5.41, 5.74) is 0.933. The van der Waals surface area contributed by atoms with Crippen LogP contribution in [0, 0.1) is 15.9 Å². The molecule has 3 aromatic rings. The molecule has 0 radical (unpaired) electrons. The summed E-state index contributed by atoms with van der Waals surface area (Å²) >= 11 is 5.91. The Bertz CT molecular complexity index is 900. The Morgan fingerprint density at radius 2 is 2.12 bits per heavy atom. The number of hydrogen-bond donors (Lipinski definition) is 1. The van der Waals surface area contributed by atoms with Crippen LogP contribution in [0.1, 0.15) is 5.89 Å². The van der Waals surface area contributed by atoms with Crippen molar-refractivity contribution in [1.29, 1.82) is 0 Å². The molecule has 0 unspecified atom stereocenters. The summed E-state index contributed by atoms with van der Waals surface area (Å²) in [6.07, 6.45) is 0. The Morgan fingerprint density at radius 3 is 2.88 bits per heavy atom. The summed E-state index contributed by atoms with van der Waals surface area (Å²) in [4.78, 5) is 14.5. The van der Waals surface area contributed by atoms with Crippen LogP contribution in [-0.4, -0.2) is 15.1 Å². The van der Waals surface area contributed by atoms with Crippen molar-refractivity contribution in [2.45, 2.75) is 6.54 Å². The number of benzene rings is 2. The molecule has 0 aliphatic rings. The van der Waals surface area contributed by atoms with Crippen molar-refractivity contribution in [1.82, 2.24) is 10.1 Å². The fraction of sp³-hybridized carbons (Fsp3) is 0.0667. The molecule has 1 N–H and O–H groups in total. The molecule has 0 spiro atoms. The minimum absolute atomic E-state index is 0.0601. The molecule has 0 fully saturated rings. The van der Waals surface area contributed by atoms with E-state index in [1.54, 1.807) is 12.1 Å². The number of nitrogens with one attached hydrogen (secondary N) is 1. The van der Waals surface area contributed by atoms with Gasteiger partial charge in [-0.25, -0.2) is 4.39 Å². The van der Waals surface area contributed by atoms with Gasteiger partial charge in [0.2, 0.25) is 11.7 Å². The van der Waals surface area contributed by atoms with Crippen LogP contribution in [0.2, 0.25) is 5.02 Å². The van der Waals surface area contributed by atoms with Crippen LogP contribution >= 0.6 is 11.6 Å². The summed E-state index contributed by atoms with van der Waals surface area (Å²) in [7, 11) is 0. The van der Waals surface area contributed by atoms with Crippen LogP contribution in [-0.2, 0) is 6.54 Å². The molecule has 122 valence electrons. The minimum atomic E-state index is -0.497. The van der Waals surface area contributed by atoms with Crippen molar-refractivity contribution < 1.29 is 13.8 Å². The van der Waals surface area contributed by atoms with E-state index in [4.69, 9.17) is 16.1 Å². The SMILES string of the molecule is O=[N+]([O-])c1cccc(-c2noc(CNc3ccc(F)cc3Cl)n2)c1. The molecule has 3 rings (SSSR count). The molecule has 9 heteroatoms. The Morgan fingerprint density at radius 1 is 1.29 bits per heavy atom. The molecule has 2 aromatic carbocycles. The van der Waals surface area contributed by atoms with Crippen LogP contribution < -0.4 is 5.32 Å². The van der Waals surface area contributed by atoms with Crippen LogP contribution in [0.15, 0.2) is 47.0 Å². The lowest BCUT2D eigenvalue weighted by Gasteiger charge is -2.05. The summed E-state index contributed by atoms with van der Waals surface area (Å²) < 4.78 is 18.1. The zero-order valence-electron chi connectivity index (χ0n) is 12.1. The fourth-order valence-corrected chi connectivity index (χ4v) is 2.24. The number of aromatic nitrogens is 2. The van der Waals surface area contributed by atoms with Crippen molar-refractivity contribution in [3.05, 3.63) is 69.3 Å². The highest BCUT2D eigenvalue weighted by Gasteiger charge is 2.13. The van der Waals surface area contributed by atoms with Crippen molar-refractivity contribution in [3.63, 3.8) is 0 Å². The van der Waals surface area contributed by atoms with Crippen LogP contribution in [0.5, 0.6) is 0 Å². The quantitative estimate of drug-likeness (QED) is 0.552. The molecular weight excluding hydrogens is 339 g/mol. The van der Waals surface area contributed by atoms with Gasteiger partial charge in [0.25, 0.3) is 5.69 Å². The molecular formula is C15H10ClFN4O3. The van der Waals surface area contributed by atoms with Gasteiger partial charge in [-0.2, -0.15) is 4.98 Å². The molecule has 0 aliphatic carbocycles. The maximum atomic E-state index is 13.0. The Kier molecular flexibility index (Phi) is 4.39. The van der Waals surface area contributed by atoms with Gasteiger partial charge in [-0.15, -0.1) is 0 Å². The first-order valence-corrected chi connectivity index (χ1v) is 7.17. The van der Waals surface area contributed by atoms with E-state index in [0.717, 1.165) is 0 Å². The van der Waals surface area contributed by atoms with E-state index in [1.165, 1.54) is 30.3 Å². The van der Waals surface area contributed by atoms with Crippen molar-refractivity contribution in [3.8, 4) is 11.4 Å². The minimum Gasteiger partial charge on any atom is -0.375 e. The molecule has 0 bridgehead atoms. The standard InChI is InChI=1S/C15H10ClFN4O3/c16-12-7-10(17)4-5-13(12)18-8-14-19-15(20-24-14)9-2-1-3-11(6-9)21(22)23/h1-7,18H,8H2. The third kappa shape index (κ3) is 3.49. The average molecular weight is 349 g/mol. The summed E-state index contributed by atoms with van der Waals surface area (Å²) in [5.74, 6) is 0.0638. The number of halogens is 2. The van der Waals surface area contributed by atoms with Gasteiger partial charge in [-0.05, 0) is 18.2 Å². The lowest BCUT2D eigenvalue weighted by Crippen LogP contribution is -2.00. The first-order valence-electron chi connectivity index (χ1n) is 6.79. The smallest absolute Gasteiger partial charge is 0.270 e. The van der Waals surface area contributed by atoms with E-state index in [1.807, 2.05) is 0 Å². The maximum absolute atomic E-state index is 13.0. The third-order valence-electron chi connectivity index (χ3n) is 3.14. The monoisotopic (exact) mass is 348 g/mol. The van der Waals surface area contributed by atoms with Crippen LogP contribution in [0.4, 0.5) is 15.8 Å². The first-order chi connectivity index (χ1) is 11.5. The van der Waals surface area contributed by atoms with Gasteiger partial charge in [0, 0.05) is 17.7 Å². The highest BCUT2D eigenvalue weighted by atomic mass is 35.5. The highest BCUT2D eigenvalue weighted by Crippen LogP contribution is 2.24. The summed E-state index contributed by atoms with van der Waals surface area (Å²) in [6.45, 7) is 0.174. The number of rotatable bonds is 5. The summed E-state index contributed by atoms with van der Waals surface area (Å²) in [6, 6.07) is 9.88. The lowest BCUT2D eigenvalue weighted by atomic mass is 10.2. The number of non-ortho nitro benzene ring substituents is 1. The second-order valence-electron chi connectivity index (χ2n) is 4.80. The predicted molar refractivity (Wildman–Crippen MR) is 85.1 cm³/mol. The van der Waals surface area contributed by atoms with Gasteiger partial charge >= 0.3 is 0 Å². The van der Waals surface area contributed by atoms with E-state index < -0.39 is 10.7 Å². The van der Waals surface area contributed by atoms with E-state index in [0.29, 0.717) is 11.3 Å². The zero-order valence-corrected chi connectivity index (χ0v) is 12.8. The molecule has 0 atom stereocenters. The molecule has 0 saturated carbocycles. The molecule has 1 aromatic heterocycles. The van der Waals surface area contributed by atoms with Gasteiger partial charge in [0.05, 0.1) is 22.2 Å². The van der Waals surface area contributed by atoms with Crippen molar-refractivity contribution in [2.75, 3.05) is 5.32 Å². The molecule has 0 amide bonds. The summed E-state index contributed by atoms with van der Waals surface area (Å²) in [5, 5.41) is 17.8. The fourth-order valence-electron chi connectivity index (χ4n) is 2.01. The van der Waals surface area contributed by atoms with Gasteiger partial charge in [-0.3, -0.25) is 10.1 Å². The van der Waals surface area contributed by atoms with Crippen molar-refractivity contribution >= 4 is 23.0 Å². The second kappa shape index (κ2) is 6.63. The number of nitrogens with zero attached hydrogens (tertiary/aromatic N) is 3. The van der Waals surface area contributed by atoms with Crippen molar-refractivity contribution in [2.24, 2.45) is 0 Å². The van der Waals surface area contributed by atoms with E-state index in [9.17, 15) is 14.5 Å². The van der Waals surface area contributed by atoms with Crippen LogP contribution in [0.3, 0.4) is 0 Å². The van der Waals surface area contributed by atoms with Gasteiger partial charge in [0.1, 0.15) is 5.82 Å². The number of nitro groups is 1. The van der Waals surface area contributed by atoms with E-state index in [2.05, 4.69) is 15.5 Å². The topological polar surface area (TPSA) is 94.1 Å². The number of hydrogen-bond acceptors (Lipinski definition) is 6. The first kappa shape index (κ1) is 15.9. The van der Waals surface area contributed by atoms with E-state index >= 15 is 0 Å². The predicted octanol–water partition coefficient (Wildman–Crippen LogP) is 4.05. The highest BCUT2D eigenvalue weighted by molar-refractivity contribution is 6.33. The number of anilines is 1. The normalized spacial score (nSPS) is 10.6. The Balaban J connectivity index is 1.74. The van der Waals surface area contributed by atoms with Gasteiger partial charge in [-0.1, -0.05) is 28.9 Å². The average Bonchev–Trinajstić information content (AvgIpc) is 3.03. The zero-order chi connectivity index (χ0) is 17.1. The Hall–Kier alpha value is -3.00. The van der Waals surface area contributed by atoms with E-state index in [-0.39, 0.29) is 29.0 Å². The lowest BCUT2D eigenvalue weighted by molar-refractivity contribution is -0.384.